The predicted molar refractivity (Wildman–Crippen MR) is 200 cm³/mol. The molecule has 0 aliphatic rings. The summed E-state index contributed by atoms with van der Waals surface area (Å²) in [6, 6.07) is 18.7. The van der Waals surface area contributed by atoms with Gasteiger partial charge in [-0.05, 0) is 117 Å². The van der Waals surface area contributed by atoms with Crippen molar-refractivity contribution >= 4 is 49.7 Å². The van der Waals surface area contributed by atoms with Crippen LogP contribution in [0.5, 0.6) is 17.2 Å². The lowest BCUT2D eigenvalue weighted by atomic mass is 10.0. The van der Waals surface area contributed by atoms with Crippen LogP contribution in [0.15, 0.2) is 86.1 Å². The number of furan rings is 2. The van der Waals surface area contributed by atoms with Gasteiger partial charge in [0.1, 0.15) is 40.1 Å². The molecule has 9 nitrogen and oxygen atoms in total. The fourth-order valence-electron chi connectivity index (χ4n) is 5.47. The second-order valence-corrected chi connectivity index (χ2v) is 13.0. The topological polar surface area (TPSA) is 112 Å². The molecule has 6 rings (SSSR count). The minimum Gasteiger partial charge on any atom is -0.490 e. The molecule has 0 fully saturated rings. The molecular formula is C40H39BrF2N2O7. The molecule has 0 aliphatic heterocycles. The number of rotatable bonds is 10. The summed E-state index contributed by atoms with van der Waals surface area (Å²) in [5.74, 6) is 1.18. The molecule has 4 aromatic carbocycles. The largest absolute Gasteiger partial charge is 0.490 e. The van der Waals surface area contributed by atoms with E-state index in [0.29, 0.717) is 79.6 Å². The highest BCUT2D eigenvalue weighted by Crippen LogP contribution is 2.41. The smallest absolute Gasteiger partial charge is 0.255 e. The highest BCUT2D eigenvalue weighted by molar-refractivity contribution is 9.10. The monoisotopic (exact) mass is 776 g/mol. The number of hydrogen-bond donors (Lipinski definition) is 2. The molecule has 2 N–H and O–H groups in total. The number of carbonyl (C=O) groups excluding carboxylic acids is 2. The third kappa shape index (κ3) is 8.23. The number of fused-ring (bicyclic) bond motifs is 2. The Morgan fingerprint density at radius 1 is 0.673 bits per heavy atom. The summed E-state index contributed by atoms with van der Waals surface area (Å²) >= 11 is 3.46. The van der Waals surface area contributed by atoms with Gasteiger partial charge in [-0.1, -0.05) is 0 Å². The van der Waals surface area contributed by atoms with Crippen molar-refractivity contribution in [3.05, 3.63) is 100 Å². The Morgan fingerprint density at radius 2 is 1.10 bits per heavy atom. The average Bonchev–Trinajstić information content (AvgIpc) is 3.66. The Balaban J connectivity index is 0.000000202. The van der Waals surface area contributed by atoms with Gasteiger partial charge >= 0.3 is 0 Å². The van der Waals surface area contributed by atoms with E-state index >= 15 is 0 Å². The van der Waals surface area contributed by atoms with Crippen molar-refractivity contribution in [3.8, 4) is 39.9 Å². The van der Waals surface area contributed by atoms with Crippen LogP contribution in [0.3, 0.4) is 0 Å². The van der Waals surface area contributed by atoms with Crippen molar-refractivity contribution < 1.29 is 41.4 Å². The number of ether oxygens (including phenoxy) is 3. The lowest BCUT2D eigenvalue weighted by Gasteiger charge is -2.14. The quantitative estimate of drug-likeness (QED) is 0.142. The van der Waals surface area contributed by atoms with Gasteiger partial charge in [0.05, 0.1) is 34.4 Å². The highest BCUT2D eigenvalue weighted by Gasteiger charge is 2.25. The van der Waals surface area contributed by atoms with Crippen LogP contribution in [0.4, 0.5) is 8.78 Å². The van der Waals surface area contributed by atoms with Crippen LogP contribution < -0.4 is 24.8 Å². The van der Waals surface area contributed by atoms with Gasteiger partial charge in [0.2, 0.25) is 0 Å². The van der Waals surface area contributed by atoms with Crippen LogP contribution in [0.25, 0.3) is 44.6 Å². The standard InChI is InChI=1S/C21H22FNO4.C19H17BrFNO3/c1-5-25-17-11-16-15(10-18(17)26-12(2)3)19(21(24)23-4)20(27-16)13-6-8-14(22)9-7-13;1-10(2)24-16-8-13-15(9-14(16)20)25-18(17(13)19(23)22-3)11-4-6-12(21)7-5-11/h6-12H,5H2,1-4H3,(H,23,24);4-10H,1-3H3,(H,22,23). The second kappa shape index (κ2) is 16.3. The van der Waals surface area contributed by atoms with Gasteiger partial charge < -0.3 is 33.7 Å². The zero-order chi connectivity index (χ0) is 37.7. The van der Waals surface area contributed by atoms with Crippen LogP contribution in [0, 0.1) is 11.6 Å². The van der Waals surface area contributed by atoms with E-state index in [1.165, 1.54) is 24.3 Å². The van der Waals surface area contributed by atoms with E-state index in [4.69, 9.17) is 23.0 Å². The van der Waals surface area contributed by atoms with E-state index in [0.717, 1.165) is 4.47 Å². The van der Waals surface area contributed by atoms with Crippen molar-refractivity contribution in [1.82, 2.24) is 10.6 Å². The molecular weight excluding hydrogens is 738 g/mol. The molecule has 272 valence electrons. The molecule has 0 atom stereocenters. The lowest BCUT2D eigenvalue weighted by Crippen LogP contribution is -2.18. The number of benzene rings is 4. The molecule has 12 heteroatoms. The zero-order valence-corrected chi connectivity index (χ0v) is 31.4. The Morgan fingerprint density at radius 3 is 1.52 bits per heavy atom. The van der Waals surface area contributed by atoms with E-state index in [1.807, 2.05) is 34.6 Å². The molecule has 0 spiro atoms. The maximum atomic E-state index is 13.3. The molecule has 2 heterocycles. The van der Waals surface area contributed by atoms with Crippen LogP contribution in [0.1, 0.15) is 55.3 Å². The van der Waals surface area contributed by atoms with Crippen molar-refractivity contribution in [1.29, 1.82) is 0 Å². The van der Waals surface area contributed by atoms with Gasteiger partial charge in [0, 0.05) is 42.1 Å². The van der Waals surface area contributed by atoms with E-state index in [9.17, 15) is 18.4 Å². The number of amides is 2. The third-order valence-corrected chi connectivity index (χ3v) is 8.26. The molecule has 0 bridgehead atoms. The summed E-state index contributed by atoms with van der Waals surface area (Å²) in [6.45, 7) is 10.0. The summed E-state index contributed by atoms with van der Waals surface area (Å²) in [4.78, 5) is 25.0. The first-order chi connectivity index (χ1) is 24.8. The zero-order valence-electron chi connectivity index (χ0n) is 29.8. The fraction of sp³-hybridized carbons (Fsp3) is 0.250. The van der Waals surface area contributed by atoms with Crippen molar-refractivity contribution in [2.45, 2.75) is 46.8 Å². The van der Waals surface area contributed by atoms with Gasteiger partial charge in [-0.3, -0.25) is 9.59 Å². The van der Waals surface area contributed by atoms with Gasteiger partial charge in [-0.25, -0.2) is 8.78 Å². The Bertz CT molecular complexity index is 2210. The van der Waals surface area contributed by atoms with E-state index in [1.54, 1.807) is 62.6 Å². The van der Waals surface area contributed by atoms with Crippen LogP contribution >= 0.6 is 15.9 Å². The molecule has 2 amide bonds. The normalized spacial score (nSPS) is 11.1. The van der Waals surface area contributed by atoms with E-state index < -0.39 is 0 Å². The summed E-state index contributed by atoms with van der Waals surface area (Å²) < 4.78 is 56.5. The van der Waals surface area contributed by atoms with Crippen molar-refractivity contribution in [3.63, 3.8) is 0 Å². The van der Waals surface area contributed by atoms with Crippen LogP contribution in [-0.4, -0.2) is 44.7 Å². The summed E-state index contributed by atoms with van der Waals surface area (Å²) in [6.07, 6.45) is -0.0748. The van der Waals surface area contributed by atoms with Gasteiger partial charge in [0.15, 0.2) is 11.5 Å². The van der Waals surface area contributed by atoms with Crippen LogP contribution in [-0.2, 0) is 0 Å². The first-order valence-electron chi connectivity index (χ1n) is 16.6. The summed E-state index contributed by atoms with van der Waals surface area (Å²) in [5.41, 5.74) is 3.03. The second-order valence-electron chi connectivity index (χ2n) is 12.1. The number of nitrogens with one attached hydrogen (secondary N) is 2. The van der Waals surface area contributed by atoms with Gasteiger partial charge in [0.25, 0.3) is 11.8 Å². The van der Waals surface area contributed by atoms with Gasteiger partial charge in [-0.15, -0.1) is 0 Å². The van der Waals surface area contributed by atoms with Gasteiger partial charge in [-0.2, -0.15) is 0 Å². The molecule has 0 saturated heterocycles. The van der Waals surface area contributed by atoms with Crippen LogP contribution in [0.2, 0.25) is 0 Å². The summed E-state index contributed by atoms with van der Waals surface area (Å²) in [7, 11) is 3.11. The molecule has 52 heavy (non-hydrogen) atoms. The van der Waals surface area contributed by atoms with Crippen molar-refractivity contribution in [2.75, 3.05) is 20.7 Å². The third-order valence-electron chi connectivity index (χ3n) is 7.64. The Labute approximate surface area is 308 Å². The Hall–Kier alpha value is -5.36. The molecule has 6 aromatic rings. The minimum atomic E-state index is -0.359. The maximum Gasteiger partial charge on any atom is 0.255 e. The molecule has 0 saturated carbocycles. The van der Waals surface area contributed by atoms with Crippen molar-refractivity contribution in [2.24, 2.45) is 0 Å². The minimum absolute atomic E-state index is 0.0133. The SMILES string of the molecule is CCOc1cc2oc(-c3ccc(F)cc3)c(C(=O)NC)c2cc1OC(C)C.CNC(=O)c1c(-c2ccc(F)cc2)oc2cc(Br)c(OC(C)C)cc12. The average molecular weight is 778 g/mol. The first kappa shape index (κ1) is 37.9. The first-order valence-corrected chi connectivity index (χ1v) is 17.4. The van der Waals surface area contributed by atoms with E-state index in [-0.39, 0.29) is 35.7 Å². The highest BCUT2D eigenvalue weighted by atomic mass is 79.9. The lowest BCUT2D eigenvalue weighted by molar-refractivity contribution is 0.0956. The molecule has 2 aromatic heterocycles. The molecule has 0 radical (unpaired) electrons. The summed E-state index contributed by atoms with van der Waals surface area (Å²) in [5, 5.41) is 6.51. The fourth-order valence-corrected chi connectivity index (χ4v) is 5.89. The maximum absolute atomic E-state index is 13.3. The number of hydrogen-bond acceptors (Lipinski definition) is 7. The Kier molecular flexibility index (Phi) is 11.9. The number of halogens is 3. The molecule has 0 aliphatic carbocycles. The molecule has 0 unspecified atom stereocenters. The number of carbonyl (C=O) groups is 2. The predicted octanol–water partition coefficient (Wildman–Crippen LogP) is 9.93. The van der Waals surface area contributed by atoms with E-state index in [2.05, 4.69) is 26.6 Å².